The van der Waals surface area contributed by atoms with Crippen molar-refractivity contribution in [3.63, 3.8) is 0 Å². The third kappa shape index (κ3) is 3.20. The lowest BCUT2D eigenvalue weighted by Gasteiger charge is -2.04. The molecule has 0 atom stereocenters. The highest BCUT2D eigenvalue weighted by Gasteiger charge is 2.00. The highest BCUT2D eigenvalue weighted by atomic mass is 16.4. The van der Waals surface area contributed by atoms with E-state index in [2.05, 4.69) is 4.98 Å². The molecule has 4 heteroatoms. The standard InChI is InChI=1S/C14H16N2O2/c1-11-9-16(10-15-11)13-7-5-12(6-8-13)3-2-4-14(17)18/h5-10H,2-4H2,1H3,(H,17,18). The van der Waals surface area contributed by atoms with E-state index in [1.165, 1.54) is 0 Å². The van der Waals surface area contributed by atoms with E-state index < -0.39 is 5.97 Å². The second-order valence-corrected chi connectivity index (χ2v) is 4.34. The van der Waals surface area contributed by atoms with Crippen LogP contribution in [0.3, 0.4) is 0 Å². The molecule has 0 aliphatic heterocycles. The van der Waals surface area contributed by atoms with Gasteiger partial charge in [0.1, 0.15) is 0 Å². The Bertz CT molecular complexity index is 529. The van der Waals surface area contributed by atoms with Crippen molar-refractivity contribution in [3.05, 3.63) is 48.0 Å². The molecule has 0 saturated heterocycles. The predicted molar refractivity (Wildman–Crippen MR) is 68.9 cm³/mol. The summed E-state index contributed by atoms with van der Waals surface area (Å²) in [5, 5.41) is 8.58. The SMILES string of the molecule is Cc1cn(-c2ccc(CCCC(=O)O)cc2)cn1. The van der Waals surface area contributed by atoms with Gasteiger partial charge in [-0.05, 0) is 37.5 Å². The van der Waals surface area contributed by atoms with Crippen LogP contribution in [0.5, 0.6) is 0 Å². The highest BCUT2D eigenvalue weighted by molar-refractivity contribution is 5.66. The fraction of sp³-hybridized carbons (Fsp3) is 0.286. The van der Waals surface area contributed by atoms with Crippen LogP contribution >= 0.6 is 0 Å². The molecule has 1 heterocycles. The van der Waals surface area contributed by atoms with Gasteiger partial charge < -0.3 is 9.67 Å². The molecule has 0 fully saturated rings. The van der Waals surface area contributed by atoms with Crippen molar-refractivity contribution in [3.8, 4) is 5.69 Å². The molecule has 18 heavy (non-hydrogen) atoms. The Labute approximate surface area is 106 Å². The molecule has 1 aromatic heterocycles. The first-order valence-corrected chi connectivity index (χ1v) is 5.97. The summed E-state index contributed by atoms with van der Waals surface area (Å²) < 4.78 is 1.97. The number of aromatic nitrogens is 2. The molecule has 0 amide bonds. The number of carboxylic acid groups (broad SMARTS) is 1. The van der Waals surface area contributed by atoms with E-state index in [0.29, 0.717) is 6.42 Å². The second kappa shape index (κ2) is 5.49. The average Bonchev–Trinajstić information content (AvgIpc) is 2.76. The Hall–Kier alpha value is -2.10. The van der Waals surface area contributed by atoms with E-state index in [1.807, 2.05) is 42.0 Å². The number of benzene rings is 1. The summed E-state index contributed by atoms with van der Waals surface area (Å²) in [4.78, 5) is 14.6. The number of nitrogens with zero attached hydrogens (tertiary/aromatic N) is 2. The van der Waals surface area contributed by atoms with Gasteiger partial charge in [-0.2, -0.15) is 0 Å². The van der Waals surface area contributed by atoms with E-state index in [9.17, 15) is 4.79 Å². The van der Waals surface area contributed by atoms with Gasteiger partial charge in [0.25, 0.3) is 0 Å². The second-order valence-electron chi connectivity index (χ2n) is 4.34. The lowest BCUT2D eigenvalue weighted by Crippen LogP contribution is -1.96. The Morgan fingerprint density at radius 1 is 1.33 bits per heavy atom. The summed E-state index contributed by atoms with van der Waals surface area (Å²) in [5.74, 6) is -0.736. The van der Waals surface area contributed by atoms with E-state index >= 15 is 0 Å². The zero-order valence-corrected chi connectivity index (χ0v) is 10.3. The van der Waals surface area contributed by atoms with Gasteiger partial charge in [-0.25, -0.2) is 4.98 Å². The third-order valence-electron chi connectivity index (χ3n) is 2.80. The molecule has 0 unspecified atom stereocenters. The number of imidazole rings is 1. The van der Waals surface area contributed by atoms with E-state index in [0.717, 1.165) is 23.4 Å². The van der Waals surface area contributed by atoms with Gasteiger partial charge in [-0.3, -0.25) is 4.79 Å². The van der Waals surface area contributed by atoms with Crippen LogP contribution in [0.4, 0.5) is 0 Å². The van der Waals surface area contributed by atoms with Crippen molar-refractivity contribution in [2.24, 2.45) is 0 Å². The van der Waals surface area contributed by atoms with Crippen molar-refractivity contribution in [2.75, 3.05) is 0 Å². The molecule has 1 N–H and O–H groups in total. The highest BCUT2D eigenvalue weighted by Crippen LogP contribution is 2.12. The van der Waals surface area contributed by atoms with Crippen LogP contribution in [-0.4, -0.2) is 20.6 Å². The maximum atomic E-state index is 10.4. The van der Waals surface area contributed by atoms with Crippen LogP contribution < -0.4 is 0 Å². The van der Waals surface area contributed by atoms with Crippen LogP contribution in [0.2, 0.25) is 0 Å². The van der Waals surface area contributed by atoms with Gasteiger partial charge in [0.2, 0.25) is 0 Å². The minimum atomic E-state index is -0.736. The van der Waals surface area contributed by atoms with Gasteiger partial charge in [0.05, 0.1) is 12.0 Å². The Kier molecular flexibility index (Phi) is 3.77. The fourth-order valence-corrected chi connectivity index (χ4v) is 1.84. The van der Waals surface area contributed by atoms with Gasteiger partial charge in [-0.15, -0.1) is 0 Å². The molecule has 1 aromatic carbocycles. The Balaban J connectivity index is 1.99. The first-order chi connectivity index (χ1) is 8.65. The van der Waals surface area contributed by atoms with Crippen LogP contribution in [0.1, 0.15) is 24.1 Å². The molecule has 0 aliphatic rings. The van der Waals surface area contributed by atoms with Crippen molar-refractivity contribution < 1.29 is 9.90 Å². The third-order valence-corrected chi connectivity index (χ3v) is 2.80. The minimum absolute atomic E-state index is 0.225. The molecule has 4 nitrogen and oxygen atoms in total. The zero-order valence-electron chi connectivity index (χ0n) is 10.3. The van der Waals surface area contributed by atoms with Crippen LogP contribution in [0.25, 0.3) is 5.69 Å². The van der Waals surface area contributed by atoms with Crippen molar-refractivity contribution >= 4 is 5.97 Å². The summed E-state index contributed by atoms with van der Waals surface area (Å²) in [5.41, 5.74) is 3.22. The van der Waals surface area contributed by atoms with Gasteiger partial charge in [0, 0.05) is 18.3 Å². The molecule has 0 radical (unpaired) electrons. The largest absolute Gasteiger partial charge is 0.481 e. The maximum absolute atomic E-state index is 10.4. The van der Waals surface area contributed by atoms with E-state index in [1.54, 1.807) is 6.33 Å². The summed E-state index contributed by atoms with van der Waals surface area (Å²) in [6.45, 7) is 1.96. The van der Waals surface area contributed by atoms with E-state index in [-0.39, 0.29) is 6.42 Å². The summed E-state index contributed by atoms with van der Waals surface area (Å²) in [7, 11) is 0. The van der Waals surface area contributed by atoms with Crippen LogP contribution in [0, 0.1) is 6.92 Å². The van der Waals surface area contributed by atoms with Crippen LogP contribution in [-0.2, 0) is 11.2 Å². The number of aryl methyl sites for hydroxylation is 2. The first kappa shape index (κ1) is 12.4. The number of hydrogen-bond acceptors (Lipinski definition) is 2. The molecule has 0 aliphatic carbocycles. The molecular weight excluding hydrogens is 228 g/mol. The number of carbonyl (C=O) groups is 1. The normalized spacial score (nSPS) is 10.5. The van der Waals surface area contributed by atoms with Crippen molar-refractivity contribution in [2.45, 2.75) is 26.2 Å². The molecule has 2 rings (SSSR count). The fourth-order valence-electron chi connectivity index (χ4n) is 1.84. The summed E-state index contributed by atoms with van der Waals surface area (Å²) in [6, 6.07) is 8.12. The molecule has 2 aromatic rings. The molecule has 0 spiro atoms. The predicted octanol–water partition coefficient (Wildman–Crippen LogP) is 2.59. The zero-order chi connectivity index (χ0) is 13.0. The monoisotopic (exact) mass is 244 g/mol. The quantitative estimate of drug-likeness (QED) is 0.879. The number of rotatable bonds is 5. The van der Waals surface area contributed by atoms with Crippen LogP contribution in [0.15, 0.2) is 36.8 Å². The van der Waals surface area contributed by atoms with Gasteiger partial charge >= 0.3 is 5.97 Å². The average molecular weight is 244 g/mol. The van der Waals surface area contributed by atoms with Crippen molar-refractivity contribution in [1.82, 2.24) is 9.55 Å². The Morgan fingerprint density at radius 3 is 2.61 bits per heavy atom. The molecule has 0 saturated carbocycles. The number of aliphatic carboxylic acids is 1. The molecular formula is C14H16N2O2. The lowest BCUT2D eigenvalue weighted by molar-refractivity contribution is -0.137. The molecule has 0 bridgehead atoms. The van der Waals surface area contributed by atoms with E-state index in [4.69, 9.17) is 5.11 Å². The first-order valence-electron chi connectivity index (χ1n) is 5.97. The smallest absolute Gasteiger partial charge is 0.303 e. The summed E-state index contributed by atoms with van der Waals surface area (Å²) >= 11 is 0. The summed E-state index contributed by atoms with van der Waals surface area (Å²) in [6.07, 6.45) is 5.46. The number of hydrogen-bond donors (Lipinski definition) is 1. The maximum Gasteiger partial charge on any atom is 0.303 e. The van der Waals surface area contributed by atoms with Gasteiger partial charge in [0.15, 0.2) is 0 Å². The molecule has 94 valence electrons. The number of carboxylic acids is 1. The van der Waals surface area contributed by atoms with Gasteiger partial charge in [-0.1, -0.05) is 12.1 Å². The minimum Gasteiger partial charge on any atom is -0.481 e. The topological polar surface area (TPSA) is 55.1 Å². The van der Waals surface area contributed by atoms with Crippen molar-refractivity contribution in [1.29, 1.82) is 0 Å². The Morgan fingerprint density at radius 2 is 2.06 bits per heavy atom. The lowest BCUT2D eigenvalue weighted by atomic mass is 10.1.